The van der Waals surface area contributed by atoms with E-state index in [-0.39, 0.29) is 12.1 Å². The van der Waals surface area contributed by atoms with Crippen LogP contribution in [0.1, 0.15) is 52.3 Å². The predicted molar refractivity (Wildman–Crippen MR) is 85.7 cm³/mol. The summed E-state index contributed by atoms with van der Waals surface area (Å²) < 4.78 is 11.0. The van der Waals surface area contributed by atoms with Crippen molar-refractivity contribution in [1.29, 1.82) is 0 Å². The van der Waals surface area contributed by atoms with E-state index in [1.165, 1.54) is 0 Å². The number of nitrogens with one attached hydrogen (secondary N) is 1. The van der Waals surface area contributed by atoms with Gasteiger partial charge in [-0.25, -0.2) is 4.79 Å². The van der Waals surface area contributed by atoms with Crippen LogP contribution in [0.25, 0.3) is 0 Å². The maximum absolute atomic E-state index is 12.2. The van der Waals surface area contributed by atoms with Gasteiger partial charge in [-0.05, 0) is 52.3 Å². The van der Waals surface area contributed by atoms with Gasteiger partial charge in [0.2, 0.25) is 0 Å². The first-order valence-electron chi connectivity index (χ1n) is 8.15. The summed E-state index contributed by atoms with van der Waals surface area (Å²) in [5.41, 5.74) is -0.448. The molecule has 0 spiro atoms. The van der Waals surface area contributed by atoms with Crippen molar-refractivity contribution in [2.45, 2.75) is 52.2 Å². The molecule has 0 aliphatic carbocycles. The molecular formula is C17H28N2O3. The van der Waals surface area contributed by atoms with Crippen molar-refractivity contribution in [3.8, 4) is 0 Å². The lowest BCUT2D eigenvalue weighted by atomic mass is 9.96. The summed E-state index contributed by atoms with van der Waals surface area (Å²) in [6.45, 7) is 10.2. The summed E-state index contributed by atoms with van der Waals surface area (Å²) in [5.74, 6) is 1.30. The van der Waals surface area contributed by atoms with Crippen molar-refractivity contribution in [1.82, 2.24) is 10.2 Å². The minimum atomic E-state index is -0.448. The normalized spacial score (nSPS) is 20.2. The lowest BCUT2D eigenvalue weighted by Gasteiger charge is -2.26. The van der Waals surface area contributed by atoms with Gasteiger partial charge in [0.1, 0.15) is 11.4 Å². The molecule has 1 aromatic rings. The average molecular weight is 308 g/mol. The molecular weight excluding hydrogens is 280 g/mol. The quantitative estimate of drug-likeness (QED) is 0.903. The summed E-state index contributed by atoms with van der Waals surface area (Å²) in [4.78, 5) is 14.0. The first kappa shape index (κ1) is 16.9. The molecule has 1 aliphatic heterocycles. The number of hydrogen-bond donors (Lipinski definition) is 1. The first-order valence-corrected chi connectivity index (χ1v) is 8.15. The van der Waals surface area contributed by atoms with E-state index in [2.05, 4.69) is 12.2 Å². The third kappa shape index (κ3) is 4.50. The van der Waals surface area contributed by atoms with Gasteiger partial charge in [0, 0.05) is 19.0 Å². The van der Waals surface area contributed by atoms with E-state index in [0.717, 1.165) is 31.7 Å². The van der Waals surface area contributed by atoms with E-state index < -0.39 is 5.60 Å². The molecule has 22 heavy (non-hydrogen) atoms. The fraction of sp³-hybridized carbons (Fsp3) is 0.706. The molecule has 124 valence electrons. The van der Waals surface area contributed by atoms with Crippen LogP contribution in [-0.2, 0) is 4.74 Å². The second kappa shape index (κ2) is 7.18. The van der Waals surface area contributed by atoms with Gasteiger partial charge in [-0.3, -0.25) is 0 Å². The van der Waals surface area contributed by atoms with Crippen molar-refractivity contribution in [2.75, 3.05) is 19.6 Å². The summed E-state index contributed by atoms with van der Waals surface area (Å²) in [6, 6.07) is 4.07. The molecule has 2 heterocycles. The van der Waals surface area contributed by atoms with Gasteiger partial charge in [-0.2, -0.15) is 0 Å². The van der Waals surface area contributed by atoms with Crippen LogP contribution in [0.4, 0.5) is 4.79 Å². The van der Waals surface area contributed by atoms with Gasteiger partial charge in [-0.15, -0.1) is 0 Å². The number of hydrogen-bond acceptors (Lipinski definition) is 4. The zero-order valence-electron chi connectivity index (χ0n) is 14.1. The molecule has 1 aromatic heterocycles. The maximum Gasteiger partial charge on any atom is 0.410 e. The molecule has 0 radical (unpaired) electrons. The molecule has 0 aromatic carbocycles. The van der Waals surface area contributed by atoms with Gasteiger partial charge in [0.15, 0.2) is 0 Å². The number of carbonyl (C=O) groups excluding carboxylic acids is 1. The minimum absolute atomic E-state index is 0.155. The van der Waals surface area contributed by atoms with Crippen LogP contribution in [0.5, 0.6) is 0 Å². The zero-order chi connectivity index (χ0) is 16.2. The monoisotopic (exact) mass is 308 g/mol. The van der Waals surface area contributed by atoms with Gasteiger partial charge in [-0.1, -0.05) is 6.92 Å². The van der Waals surface area contributed by atoms with Gasteiger partial charge in [0.25, 0.3) is 0 Å². The van der Waals surface area contributed by atoms with Crippen LogP contribution in [0.2, 0.25) is 0 Å². The number of ether oxygens (including phenoxy) is 1. The Bertz CT molecular complexity index is 465. The van der Waals surface area contributed by atoms with Crippen LogP contribution in [0.15, 0.2) is 22.8 Å². The zero-order valence-corrected chi connectivity index (χ0v) is 14.1. The van der Waals surface area contributed by atoms with E-state index in [1.807, 2.05) is 32.9 Å². The van der Waals surface area contributed by atoms with Crippen molar-refractivity contribution in [3.05, 3.63) is 24.2 Å². The predicted octanol–water partition coefficient (Wildman–Crippen LogP) is 3.58. The Kier molecular flexibility index (Phi) is 5.51. The number of nitrogens with zero attached hydrogens (tertiary/aromatic N) is 1. The molecule has 1 N–H and O–H groups in total. The molecule has 2 atom stereocenters. The highest BCUT2D eigenvalue weighted by Gasteiger charge is 2.35. The number of likely N-dealkylation sites (tertiary alicyclic amines) is 1. The highest BCUT2D eigenvalue weighted by Crippen LogP contribution is 2.31. The van der Waals surface area contributed by atoms with Crippen molar-refractivity contribution < 1.29 is 13.9 Å². The number of furan rings is 1. The number of rotatable bonds is 5. The molecule has 2 unspecified atom stereocenters. The molecule has 1 saturated heterocycles. The molecule has 0 bridgehead atoms. The van der Waals surface area contributed by atoms with Gasteiger partial charge >= 0.3 is 6.09 Å². The Morgan fingerprint density at radius 3 is 2.91 bits per heavy atom. The molecule has 1 aliphatic rings. The van der Waals surface area contributed by atoms with E-state index in [9.17, 15) is 4.79 Å². The summed E-state index contributed by atoms with van der Waals surface area (Å²) >= 11 is 0. The van der Waals surface area contributed by atoms with Gasteiger partial charge < -0.3 is 19.4 Å². The third-order valence-corrected chi connectivity index (χ3v) is 3.81. The van der Waals surface area contributed by atoms with Crippen LogP contribution in [-0.4, -0.2) is 36.2 Å². The second-order valence-electron chi connectivity index (χ2n) is 6.92. The van der Waals surface area contributed by atoms with Crippen molar-refractivity contribution >= 4 is 6.09 Å². The smallest absolute Gasteiger partial charge is 0.410 e. The Balaban J connectivity index is 1.98. The fourth-order valence-electron chi connectivity index (χ4n) is 2.82. The number of carbonyl (C=O) groups is 1. The first-order chi connectivity index (χ1) is 10.4. The Morgan fingerprint density at radius 2 is 2.32 bits per heavy atom. The van der Waals surface area contributed by atoms with Gasteiger partial charge in [0.05, 0.1) is 12.3 Å². The van der Waals surface area contributed by atoms with Crippen LogP contribution in [0.3, 0.4) is 0 Å². The lowest BCUT2D eigenvalue weighted by Crippen LogP contribution is -2.37. The highest BCUT2D eigenvalue weighted by molar-refractivity contribution is 5.68. The third-order valence-electron chi connectivity index (χ3n) is 3.81. The minimum Gasteiger partial charge on any atom is -0.468 e. The van der Waals surface area contributed by atoms with E-state index >= 15 is 0 Å². The molecule has 2 rings (SSSR count). The van der Waals surface area contributed by atoms with Crippen molar-refractivity contribution in [2.24, 2.45) is 5.92 Å². The molecule has 0 saturated carbocycles. The summed E-state index contributed by atoms with van der Waals surface area (Å²) in [5, 5.41) is 3.55. The van der Waals surface area contributed by atoms with E-state index in [1.54, 1.807) is 11.2 Å². The largest absolute Gasteiger partial charge is 0.468 e. The Hall–Kier alpha value is -1.49. The van der Waals surface area contributed by atoms with E-state index in [0.29, 0.717) is 12.5 Å². The van der Waals surface area contributed by atoms with Crippen LogP contribution >= 0.6 is 0 Å². The highest BCUT2D eigenvalue weighted by atomic mass is 16.6. The fourth-order valence-corrected chi connectivity index (χ4v) is 2.82. The number of amides is 1. The Labute approximate surface area is 133 Å². The molecule has 5 nitrogen and oxygen atoms in total. The Morgan fingerprint density at radius 1 is 1.55 bits per heavy atom. The van der Waals surface area contributed by atoms with E-state index in [4.69, 9.17) is 9.15 Å². The summed E-state index contributed by atoms with van der Waals surface area (Å²) in [7, 11) is 0. The summed E-state index contributed by atoms with van der Waals surface area (Å²) in [6.07, 6.45) is 3.51. The van der Waals surface area contributed by atoms with Crippen LogP contribution < -0.4 is 5.32 Å². The molecule has 5 heteroatoms. The average Bonchev–Trinajstić information content (AvgIpc) is 3.08. The molecule has 1 fully saturated rings. The SMILES string of the molecule is CCCNC(c1ccco1)C1CCN(C(=O)OC(C)(C)C)C1. The molecule has 1 amide bonds. The topological polar surface area (TPSA) is 54.7 Å². The standard InChI is InChI=1S/C17H28N2O3/c1-5-9-18-15(14-7-6-11-21-14)13-8-10-19(12-13)16(20)22-17(2,3)4/h6-7,11,13,15,18H,5,8-10,12H2,1-4H3. The lowest BCUT2D eigenvalue weighted by molar-refractivity contribution is 0.0284. The maximum atomic E-state index is 12.2. The second-order valence-corrected chi connectivity index (χ2v) is 6.92. The van der Waals surface area contributed by atoms with Crippen LogP contribution in [0, 0.1) is 5.92 Å². The van der Waals surface area contributed by atoms with Crippen molar-refractivity contribution in [3.63, 3.8) is 0 Å².